The van der Waals surface area contributed by atoms with E-state index in [1.165, 1.54) is 0 Å². The van der Waals surface area contributed by atoms with Gasteiger partial charge in [-0.25, -0.2) is 4.98 Å². The summed E-state index contributed by atoms with van der Waals surface area (Å²) in [4.78, 5) is 10.4. The SMILES string of the molecule is CCN1CCOC(CNc2nc(Cl)ncc2Br)C1. The third-order valence-corrected chi connectivity index (χ3v) is 3.64. The molecule has 0 aromatic carbocycles. The van der Waals surface area contributed by atoms with Crippen LogP contribution in [0.5, 0.6) is 0 Å². The van der Waals surface area contributed by atoms with Gasteiger partial charge in [0.15, 0.2) is 0 Å². The molecular formula is C11H16BrClN4O. The van der Waals surface area contributed by atoms with Crippen LogP contribution in [-0.4, -0.2) is 53.8 Å². The molecule has 0 bridgehead atoms. The number of rotatable bonds is 4. The van der Waals surface area contributed by atoms with Gasteiger partial charge in [-0.3, -0.25) is 4.90 Å². The number of morpholine rings is 1. The van der Waals surface area contributed by atoms with Crippen molar-refractivity contribution in [1.29, 1.82) is 0 Å². The number of ether oxygens (including phenoxy) is 1. The van der Waals surface area contributed by atoms with Crippen LogP contribution < -0.4 is 5.32 Å². The predicted molar refractivity (Wildman–Crippen MR) is 75.1 cm³/mol. The summed E-state index contributed by atoms with van der Waals surface area (Å²) in [7, 11) is 0. The molecule has 1 aromatic heterocycles. The average molecular weight is 336 g/mol. The Kier molecular flexibility index (Phi) is 5.17. The molecule has 0 saturated carbocycles. The molecule has 1 fully saturated rings. The van der Waals surface area contributed by atoms with Gasteiger partial charge in [0.2, 0.25) is 5.28 Å². The monoisotopic (exact) mass is 334 g/mol. The Bertz CT molecular complexity index is 407. The summed E-state index contributed by atoms with van der Waals surface area (Å²) < 4.78 is 6.51. The van der Waals surface area contributed by atoms with Gasteiger partial charge >= 0.3 is 0 Å². The van der Waals surface area contributed by atoms with Gasteiger partial charge in [0.05, 0.1) is 17.2 Å². The van der Waals surface area contributed by atoms with Gasteiger partial charge in [0.25, 0.3) is 0 Å². The zero-order valence-electron chi connectivity index (χ0n) is 10.2. The maximum absolute atomic E-state index is 5.76. The van der Waals surface area contributed by atoms with Gasteiger partial charge in [-0.15, -0.1) is 0 Å². The molecule has 1 atom stereocenters. The number of halogens is 2. The highest BCUT2D eigenvalue weighted by Gasteiger charge is 2.19. The van der Waals surface area contributed by atoms with Gasteiger partial charge in [-0.2, -0.15) is 4.98 Å². The lowest BCUT2D eigenvalue weighted by Gasteiger charge is -2.32. The minimum Gasteiger partial charge on any atom is -0.374 e. The Labute approximate surface area is 120 Å². The average Bonchev–Trinajstić information content (AvgIpc) is 2.40. The van der Waals surface area contributed by atoms with E-state index < -0.39 is 0 Å². The minimum absolute atomic E-state index is 0.180. The molecule has 0 radical (unpaired) electrons. The van der Waals surface area contributed by atoms with E-state index in [1.807, 2.05) is 0 Å². The molecule has 2 rings (SSSR count). The number of hydrogen-bond donors (Lipinski definition) is 1. The van der Waals surface area contributed by atoms with Crippen LogP contribution in [-0.2, 0) is 4.74 Å². The number of nitrogens with zero attached hydrogens (tertiary/aromatic N) is 3. The van der Waals surface area contributed by atoms with E-state index in [9.17, 15) is 0 Å². The highest BCUT2D eigenvalue weighted by atomic mass is 79.9. The molecule has 0 aliphatic carbocycles. The summed E-state index contributed by atoms with van der Waals surface area (Å²) in [5, 5.41) is 3.47. The summed E-state index contributed by atoms with van der Waals surface area (Å²) in [5.74, 6) is 0.701. The van der Waals surface area contributed by atoms with E-state index in [0.717, 1.165) is 30.7 Å². The number of likely N-dealkylation sites (N-methyl/N-ethyl adjacent to an activating group) is 1. The van der Waals surface area contributed by atoms with Crippen LogP contribution in [0.2, 0.25) is 5.28 Å². The lowest BCUT2D eigenvalue weighted by atomic mass is 10.2. The first-order valence-corrected chi connectivity index (χ1v) is 7.12. The lowest BCUT2D eigenvalue weighted by molar-refractivity contribution is -0.0192. The molecule has 1 saturated heterocycles. The summed E-state index contributed by atoms with van der Waals surface area (Å²) in [6.07, 6.45) is 1.82. The molecule has 18 heavy (non-hydrogen) atoms. The Morgan fingerprint density at radius 2 is 2.50 bits per heavy atom. The zero-order chi connectivity index (χ0) is 13.0. The van der Waals surface area contributed by atoms with Gasteiger partial charge in [-0.05, 0) is 34.1 Å². The van der Waals surface area contributed by atoms with Crippen LogP contribution >= 0.6 is 27.5 Å². The van der Waals surface area contributed by atoms with Gasteiger partial charge < -0.3 is 10.1 Å². The molecule has 1 aliphatic heterocycles. The van der Waals surface area contributed by atoms with Crippen molar-refractivity contribution in [3.05, 3.63) is 16.0 Å². The Morgan fingerprint density at radius 1 is 1.67 bits per heavy atom. The maximum Gasteiger partial charge on any atom is 0.224 e. The first-order valence-electron chi connectivity index (χ1n) is 5.95. The largest absolute Gasteiger partial charge is 0.374 e. The lowest BCUT2D eigenvalue weighted by Crippen LogP contribution is -2.45. The summed E-state index contributed by atoms with van der Waals surface area (Å²) in [6, 6.07) is 0. The molecule has 100 valence electrons. The standard InChI is InChI=1S/C11H16BrClN4O/c1-2-17-3-4-18-8(7-17)5-14-10-9(12)6-15-11(13)16-10/h6,8H,2-5,7H2,1H3,(H,14,15,16). The highest BCUT2D eigenvalue weighted by Crippen LogP contribution is 2.20. The maximum atomic E-state index is 5.76. The third-order valence-electron chi connectivity index (χ3n) is 2.88. The summed E-state index contributed by atoms with van der Waals surface area (Å²) in [6.45, 7) is 6.67. The molecule has 7 heteroatoms. The first kappa shape index (κ1) is 14.0. The number of nitrogens with one attached hydrogen (secondary N) is 1. The van der Waals surface area contributed by atoms with Crippen molar-refractivity contribution in [3.8, 4) is 0 Å². The van der Waals surface area contributed by atoms with Crippen LogP contribution in [0, 0.1) is 0 Å². The number of anilines is 1. The third kappa shape index (κ3) is 3.78. The highest BCUT2D eigenvalue weighted by molar-refractivity contribution is 9.10. The Morgan fingerprint density at radius 3 is 3.28 bits per heavy atom. The summed E-state index contributed by atoms with van der Waals surface area (Å²) >= 11 is 9.15. The topological polar surface area (TPSA) is 50.3 Å². The van der Waals surface area contributed by atoms with Gasteiger partial charge in [0.1, 0.15) is 5.82 Å². The van der Waals surface area contributed by atoms with Crippen molar-refractivity contribution < 1.29 is 4.74 Å². The van der Waals surface area contributed by atoms with Gasteiger partial charge in [0, 0.05) is 25.8 Å². The predicted octanol–water partition coefficient (Wildman–Crippen LogP) is 2.03. The Hall–Kier alpha value is -0.430. The van der Waals surface area contributed by atoms with Crippen LogP contribution in [0.25, 0.3) is 0 Å². The molecule has 5 nitrogen and oxygen atoms in total. The van der Waals surface area contributed by atoms with Crippen molar-refractivity contribution in [2.75, 3.05) is 38.1 Å². The van der Waals surface area contributed by atoms with Crippen molar-refractivity contribution in [3.63, 3.8) is 0 Å². The molecule has 1 unspecified atom stereocenters. The molecule has 1 N–H and O–H groups in total. The molecule has 1 aromatic rings. The fourth-order valence-electron chi connectivity index (χ4n) is 1.87. The number of aromatic nitrogens is 2. The number of hydrogen-bond acceptors (Lipinski definition) is 5. The van der Waals surface area contributed by atoms with E-state index in [-0.39, 0.29) is 11.4 Å². The molecule has 0 spiro atoms. The molecule has 2 heterocycles. The zero-order valence-corrected chi connectivity index (χ0v) is 12.5. The minimum atomic E-state index is 0.180. The van der Waals surface area contributed by atoms with E-state index in [4.69, 9.17) is 16.3 Å². The fourth-order valence-corrected chi connectivity index (χ4v) is 2.34. The smallest absolute Gasteiger partial charge is 0.224 e. The van der Waals surface area contributed by atoms with Crippen LogP contribution in [0.15, 0.2) is 10.7 Å². The van der Waals surface area contributed by atoms with Crippen molar-refractivity contribution in [2.45, 2.75) is 13.0 Å². The normalized spacial score (nSPS) is 20.9. The van der Waals surface area contributed by atoms with Crippen LogP contribution in [0.4, 0.5) is 5.82 Å². The van der Waals surface area contributed by atoms with Crippen LogP contribution in [0.3, 0.4) is 0 Å². The summed E-state index contributed by atoms with van der Waals surface area (Å²) in [5.41, 5.74) is 0. The van der Waals surface area contributed by atoms with Crippen molar-refractivity contribution in [1.82, 2.24) is 14.9 Å². The van der Waals surface area contributed by atoms with Crippen molar-refractivity contribution >= 4 is 33.3 Å². The fraction of sp³-hybridized carbons (Fsp3) is 0.636. The molecule has 1 aliphatic rings. The second-order valence-corrected chi connectivity index (χ2v) is 5.29. The Balaban J connectivity index is 1.89. The second-order valence-electron chi connectivity index (χ2n) is 4.10. The second kappa shape index (κ2) is 6.65. The molecule has 0 amide bonds. The first-order chi connectivity index (χ1) is 8.69. The van der Waals surface area contributed by atoms with E-state index >= 15 is 0 Å². The quantitative estimate of drug-likeness (QED) is 0.853. The van der Waals surface area contributed by atoms with E-state index in [2.05, 4.69) is 43.0 Å². The van der Waals surface area contributed by atoms with Crippen molar-refractivity contribution in [2.24, 2.45) is 0 Å². The van der Waals surface area contributed by atoms with Gasteiger partial charge in [-0.1, -0.05) is 6.92 Å². The molecular weight excluding hydrogens is 320 g/mol. The van der Waals surface area contributed by atoms with E-state index in [1.54, 1.807) is 6.20 Å². The van der Waals surface area contributed by atoms with E-state index in [0.29, 0.717) is 12.4 Å². The van der Waals surface area contributed by atoms with Crippen LogP contribution in [0.1, 0.15) is 6.92 Å².